The van der Waals surface area contributed by atoms with Crippen LogP contribution in [0.1, 0.15) is 11.1 Å². The Morgan fingerprint density at radius 2 is 2.11 bits per heavy atom. The highest BCUT2D eigenvalue weighted by atomic mass is 32.2. The molecule has 0 fully saturated rings. The maximum atomic E-state index is 4.21. The van der Waals surface area contributed by atoms with Crippen LogP contribution in [-0.4, -0.2) is 17.8 Å². The van der Waals surface area contributed by atoms with Crippen LogP contribution in [0.5, 0.6) is 0 Å². The normalized spacial score (nSPS) is 21.3. The fourth-order valence-corrected chi connectivity index (χ4v) is 2.74. The van der Waals surface area contributed by atoms with E-state index in [0.717, 1.165) is 11.1 Å². The van der Waals surface area contributed by atoms with E-state index in [4.69, 9.17) is 0 Å². The van der Waals surface area contributed by atoms with Gasteiger partial charge in [-0.05, 0) is 30.0 Å². The van der Waals surface area contributed by atoms with E-state index in [9.17, 15) is 0 Å². The molecule has 1 aliphatic rings. The number of nitrogens with one attached hydrogen (secondary N) is 1. The second-order valence-electron chi connectivity index (χ2n) is 4.39. The molecule has 4 nitrogen and oxygen atoms in total. The molecule has 0 aliphatic carbocycles. The molecule has 2 heterocycles. The van der Waals surface area contributed by atoms with Crippen LogP contribution in [0.25, 0.3) is 0 Å². The lowest BCUT2D eigenvalue weighted by Gasteiger charge is -2.28. The summed E-state index contributed by atoms with van der Waals surface area (Å²) in [5.41, 5.74) is 5.02. The molecule has 1 unspecified atom stereocenters. The van der Waals surface area contributed by atoms with Gasteiger partial charge in [-0.1, -0.05) is 23.4 Å². The predicted molar refractivity (Wildman–Crippen MR) is 76.1 cm³/mol. The quantitative estimate of drug-likeness (QED) is 0.872. The standard InChI is InChI=1S/C14H14N4S/c1-19-13-6-2-4-11(8-13)14(10-16-18-17-14)12-5-3-7-15-9-12/h2-9H,10H2,1H3,(H,16,17). The molecule has 0 radical (unpaired) electrons. The molecule has 96 valence electrons. The van der Waals surface area contributed by atoms with Crippen LogP contribution < -0.4 is 5.43 Å². The smallest absolute Gasteiger partial charge is 0.129 e. The van der Waals surface area contributed by atoms with E-state index in [1.807, 2.05) is 12.3 Å². The molecule has 19 heavy (non-hydrogen) atoms. The zero-order valence-electron chi connectivity index (χ0n) is 10.6. The maximum Gasteiger partial charge on any atom is 0.129 e. The molecule has 5 heteroatoms. The van der Waals surface area contributed by atoms with Crippen molar-refractivity contribution in [2.24, 2.45) is 10.3 Å². The van der Waals surface area contributed by atoms with Gasteiger partial charge in [0.15, 0.2) is 0 Å². The van der Waals surface area contributed by atoms with Crippen molar-refractivity contribution in [2.45, 2.75) is 10.4 Å². The Kier molecular flexibility index (Phi) is 3.21. The summed E-state index contributed by atoms with van der Waals surface area (Å²) in [6.45, 7) is 0.594. The first-order valence-electron chi connectivity index (χ1n) is 6.04. The molecule has 1 aromatic carbocycles. The van der Waals surface area contributed by atoms with Crippen molar-refractivity contribution in [3.05, 3.63) is 59.9 Å². The second kappa shape index (κ2) is 5.01. The van der Waals surface area contributed by atoms with Gasteiger partial charge >= 0.3 is 0 Å². The maximum absolute atomic E-state index is 4.21. The molecule has 0 spiro atoms. The van der Waals surface area contributed by atoms with Crippen molar-refractivity contribution < 1.29 is 0 Å². The summed E-state index contributed by atoms with van der Waals surface area (Å²) in [4.78, 5) is 5.44. The van der Waals surface area contributed by atoms with Crippen LogP contribution in [0.4, 0.5) is 0 Å². The van der Waals surface area contributed by atoms with Gasteiger partial charge in [0, 0.05) is 22.9 Å². The van der Waals surface area contributed by atoms with Crippen molar-refractivity contribution >= 4 is 11.8 Å². The van der Waals surface area contributed by atoms with Crippen molar-refractivity contribution in [2.75, 3.05) is 12.8 Å². The van der Waals surface area contributed by atoms with Gasteiger partial charge < -0.3 is 0 Å². The first kappa shape index (κ1) is 12.2. The topological polar surface area (TPSA) is 49.6 Å². The number of hydrogen-bond donors (Lipinski definition) is 1. The summed E-state index contributed by atoms with van der Waals surface area (Å²) < 4.78 is 0. The van der Waals surface area contributed by atoms with Crippen LogP contribution >= 0.6 is 11.8 Å². The number of hydrogen-bond acceptors (Lipinski definition) is 5. The van der Waals surface area contributed by atoms with Gasteiger partial charge in [-0.25, -0.2) is 0 Å². The van der Waals surface area contributed by atoms with Crippen molar-refractivity contribution in [3.63, 3.8) is 0 Å². The van der Waals surface area contributed by atoms with Gasteiger partial charge in [-0.3, -0.25) is 10.4 Å². The monoisotopic (exact) mass is 270 g/mol. The van der Waals surface area contributed by atoms with Gasteiger partial charge in [0.05, 0.1) is 6.54 Å². The summed E-state index contributed by atoms with van der Waals surface area (Å²) in [5.74, 6) is 0. The van der Waals surface area contributed by atoms with E-state index in [1.165, 1.54) is 4.90 Å². The number of benzene rings is 1. The molecule has 0 saturated heterocycles. The number of thioether (sulfide) groups is 1. The van der Waals surface area contributed by atoms with Crippen LogP contribution in [0.15, 0.2) is 64.0 Å². The van der Waals surface area contributed by atoms with Crippen LogP contribution in [0.3, 0.4) is 0 Å². The third-order valence-corrected chi connectivity index (χ3v) is 4.06. The number of nitrogens with zero attached hydrogens (tertiary/aromatic N) is 3. The predicted octanol–water partition coefficient (Wildman–Crippen LogP) is 3.02. The van der Waals surface area contributed by atoms with E-state index in [0.29, 0.717) is 6.54 Å². The van der Waals surface area contributed by atoms with E-state index < -0.39 is 0 Å². The van der Waals surface area contributed by atoms with Gasteiger partial charge in [-0.2, -0.15) is 5.11 Å². The Labute approximate surface area is 116 Å². The number of rotatable bonds is 3. The summed E-state index contributed by atoms with van der Waals surface area (Å²) in [6.07, 6.45) is 5.72. The van der Waals surface area contributed by atoms with Crippen molar-refractivity contribution in [1.29, 1.82) is 0 Å². The van der Waals surface area contributed by atoms with Gasteiger partial charge in [0.1, 0.15) is 5.54 Å². The van der Waals surface area contributed by atoms with Crippen molar-refractivity contribution in [3.8, 4) is 0 Å². The van der Waals surface area contributed by atoms with E-state index >= 15 is 0 Å². The summed E-state index contributed by atoms with van der Waals surface area (Å²) in [6, 6.07) is 12.5. The fraction of sp³-hybridized carbons (Fsp3) is 0.214. The lowest BCUT2D eigenvalue weighted by atomic mass is 9.84. The zero-order valence-corrected chi connectivity index (χ0v) is 11.4. The molecule has 0 bridgehead atoms. The summed E-state index contributed by atoms with van der Waals surface area (Å²) in [7, 11) is 0. The number of pyridine rings is 1. The van der Waals surface area contributed by atoms with Gasteiger partial charge in [0.25, 0.3) is 0 Å². The lowest BCUT2D eigenvalue weighted by molar-refractivity contribution is 0.478. The van der Waals surface area contributed by atoms with E-state index in [-0.39, 0.29) is 5.54 Å². The Morgan fingerprint density at radius 3 is 2.79 bits per heavy atom. The third kappa shape index (κ3) is 2.10. The zero-order chi connectivity index (χ0) is 13.1. The molecule has 0 amide bonds. The Hall–Kier alpha value is -1.88. The lowest BCUT2D eigenvalue weighted by Crippen LogP contribution is -2.39. The summed E-state index contributed by atoms with van der Waals surface area (Å²) >= 11 is 1.73. The molecule has 1 aliphatic heterocycles. The molecule has 3 rings (SSSR count). The summed E-state index contributed by atoms with van der Waals surface area (Å²) in [5, 5.41) is 8.11. The average molecular weight is 270 g/mol. The van der Waals surface area contributed by atoms with Gasteiger partial charge in [0.2, 0.25) is 0 Å². The van der Waals surface area contributed by atoms with E-state index in [2.05, 4.69) is 57.3 Å². The third-order valence-electron chi connectivity index (χ3n) is 3.34. The average Bonchev–Trinajstić information content (AvgIpc) is 2.99. The minimum absolute atomic E-state index is 0.389. The fourth-order valence-electron chi connectivity index (χ4n) is 2.28. The first-order valence-corrected chi connectivity index (χ1v) is 7.26. The number of aromatic nitrogens is 1. The molecule has 0 saturated carbocycles. The minimum Gasteiger partial charge on any atom is -0.275 e. The Morgan fingerprint density at radius 1 is 1.21 bits per heavy atom. The minimum atomic E-state index is -0.389. The van der Waals surface area contributed by atoms with Crippen LogP contribution in [0, 0.1) is 0 Å². The van der Waals surface area contributed by atoms with Gasteiger partial charge in [-0.15, -0.1) is 11.8 Å². The largest absolute Gasteiger partial charge is 0.275 e. The Balaban J connectivity index is 2.11. The molecule has 1 atom stereocenters. The van der Waals surface area contributed by atoms with Crippen LogP contribution in [-0.2, 0) is 5.54 Å². The molecule has 1 aromatic heterocycles. The van der Waals surface area contributed by atoms with Crippen LogP contribution in [0.2, 0.25) is 0 Å². The molecular formula is C14H14N4S. The van der Waals surface area contributed by atoms with E-state index in [1.54, 1.807) is 18.0 Å². The SMILES string of the molecule is CSc1cccc(C2(c3cccnc3)CN=NN2)c1. The first-order chi connectivity index (χ1) is 9.35. The molecule has 1 N–H and O–H groups in total. The highest BCUT2D eigenvalue weighted by molar-refractivity contribution is 7.98. The second-order valence-corrected chi connectivity index (χ2v) is 5.27. The molecule has 2 aromatic rings. The Bertz CT molecular complexity index is 589. The van der Waals surface area contributed by atoms with Crippen molar-refractivity contribution in [1.82, 2.24) is 10.4 Å². The highest BCUT2D eigenvalue weighted by Crippen LogP contribution is 2.34. The molecular weight excluding hydrogens is 256 g/mol. The highest BCUT2D eigenvalue weighted by Gasteiger charge is 2.37.